The van der Waals surface area contributed by atoms with Crippen LogP contribution in [-0.2, 0) is 0 Å². The lowest BCUT2D eigenvalue weighted by Crippen LogP contribution is -1.90. The monoisotopic (exact) mass is 148 g/mol. The molecule has 54 valence electrons. The highest BCUT2D eigenvalue weighted by Crippen LogP contribution is 2.05. The highest BCUT2D eigenvalue weighted by molar-refractivity contribution is 5.78. The maximum Gasteiger partial charge on any atom is 0.193 e. The Hall–Kier alpha value is -1.71. The van der Waals surface area contributed by atoms with Crippen molar-refractivity contribution < 1.29 is 6.17 Å². The van der Waals surface area contributed by atoms with Gasteiger partial charge in [-0.25, -0.2) is 9.97 Å². The Morgan fingerprint density at radius 2 is 2.64 bits per heavy atom. The van der Waals surface area contributed by atoms with Crippen molar-refractivity contribution in [3.05, 3.63) is 24.3 Å². The first kappa shape index (κ1) is 5.01. The normalized spacial score (nSPS) is 11.5. The zero-order chi connectivity index (χ0) is 8.55. The van der Waals surface area contributed by atoms with Crippen molar-refractivity contribution in [3.63, 3.8) is 0 Å². The molecule has 0 fully saturated rings. The summed E-state index contributed by atoms with van der Waals surface area (Å²) in [4.78, 5) is 21.0. The van der Waals surface area contributed by atoms with Crippen LogP contribution in [0.3, 0.4) is 0 Å². The lowest BCUT2D eigenvalue weighted by Gasteiger charge is -1.88. The number of nitrogens with zero attached hydrogens (tertiary/aromatic N) is 2. The Kier molecular flexibility index (Phi) is 0.982. The van der Waals surface area contributed by atoms with E-state index in [1.54, 1.807) is 12.3 Å². The number of fused-ring (bicyclic) bond motifs is 1. The van der Waals surface area contributed by atoms with Gasteiger partial charge in [-0.05, 0) is 6.07 Å². The summed E-state index contributed by atoms with van der Waals surface area (Å²) in [6.07, 6.45) is 2.33. The van der Waals surface area contributed by atoms with E-state index in [9.17, 15) is 4.79 Å². The molecule has 0 aromatic carbocycles. The first-order valence-electron chi connectivity index (χ1n) is 3.58. The number of rotatable bonds is 1. The summed E-state index contributed by atoms with van der Waals surface area (Å²) in [6.45, 7) is 0. The molecular weight excluding hydrogens is 142 g/mol. The van der Waals surface area contributed by atoms with Gasteiger partial charge in [0.05, 0.1) is 17.2 Å². The van der Waals surface area contributed by atoms with Crippen LogP contribution in [0.5, 0.6) is 0 Å². The highest BCUT2D eigenvalue weighted by atomic mass is 16.1. The molecule has 0 spiro atoms. The third-order valence-corrected chi connectivity index (χ3v) is 1.39. The number of aromatic amines is 1. The number of carbonyl (C=O) groups is 1. The van der Waals surface area contributed by atoms with E-state index in [0.717, 1.165) is 5.52 Å². The molecule has 4 heteroatoms. The number of aromatic nitrogens is 3. The first-order chi connectivity index (χ1) is 5.77. The molecule has 0 radical (unpaired) electrons. The Morgan fingerprint density at radius 1 is 1.73 bits per heavy atom. The molecule has 0 saturated heterocycles. The summed E-state index contributed by atoms with van der Waals surface area (Å²) in [5.74, 6) is -0.0675. The quantitative estimate of drug-likeness (QED) is 0.607. The minimum Gasteiger partial charge on any atom is -0.359 e. The molecule has 2 rings (SSSR count). The van der Waals surface area contributed by atoms with Crippen LogP contribution in [-0.4, -0.2) is 21.2 Å². The van der Waals surface area contributed by atoms with E-state index in [-0.39, 0.29) is 5.82 Å². The van der Waals surface area contributed by atoms with Crippen LogP contribution >= 0.6 is 0 Å². The van der Waals surface area contributed by atoms with E-state index in [1.807, 2.05) is 0 Å². The van der Waals surface area contributed by atoms with Gasteiger partial charge in [0.2, 0.25) is 0 Å². The Bertz CT molecular complexity index is 437. The van der Waals surface area contributed by atoms with Crippen LogP contribution in [0.4, 0.5) is 0 Å². The second-order valence-corrected chi connectivity index (χ2v) is 2.07. The van der Waals surface area contributed by atoms with E-state index in [1.165, 1.54) is 6.20 Å². The highest BCUT2D eigenvalue weighted by Gasteiger charge is 1.97. The minimum atomic E-state index is -0.863. The predicted octanol–water partition coefficient (Wildman–Crippen LogP) is 0.770. The van der Waals surface area contributed by atoms with Crippen molar-refractivity contribution in [2.75, 3.05) is 0 Å². The lowest BCUT2D eigenvalue weighted by atomic mass is 10.4. The van der Waals surface area contributed by atoms with Crippen LogP contribution in [0, 0.1) is 0 Å². The molecule has 2 aromatic rings. The van der Waals surface area contributed by atoms with Crippen molar-refractivity contribution in [1.29, 1.82) is 0 Å². The largest absolute Gasteiger partial charge is 0.359 e. The smallest absolute Gasteiger partial charge is 0.193 e. The second kappa shape index (κ2) is 2.16. The van der Waals surface area contributed by atoms with Gasteiger partial charge < -0.3 is 4.98 Å². The summed E-state index contributed by atoms with van der Waals surface area (Å²) in [5.41, 5.74) is 1.42. The maximum absolute atomic E-state index is 10.5. The molecule has 0 aliphatic heterocycles. The van der Waals surface area contributed by atoms with Gasteiger partial charge in [-0.15, -0.1) is 0 Å². The van der Waals surface area contributed by atoms with E-state index in [2.05, 4.69) is 15.0 Å². The van der Waals surface area contributed by atoms with Gasteiger partial charge in [0.15, 0.2) is 12.1 Å². The van der Waals surface area contributed by atoms with Crippen molar-refractivity contribution in [1.82, 2.24) is 15.0 Å². The van der Waals surface area contributed by atoms with Crippen LogP contribution < -0.4 is 0 Å². The zero-order valence-electron chi connectivity index (χ0n) is 6.53. The van der Waals surface area contributed by atoms with Crippen LogP contribution in [0.2, 0.25) is 0 Å². The van der Waals surface area contributed by atoms with Gasteiger partial charge in [-0.1, -0.05) is 0 Å². The molecule has 2 heterocycles. The maximum atomic E-state index is 10.5. The van der Waals surface area contributed by atoms with Crippen molar-refractivity contribution in [2.24, 2.45) is 0 Å². The number of nitrogens with one attached hydrogen (secondary N) is 1. The van der Waals surface area contributed by atoms with Crippen molar-refractivity contribution in [2.45, 2.75) is 0 Å². The van der Waals surface area contributed by atoms with Gasteiger partial charge in [0.1, 0.15) is 1.37 Å². The van der Waals surface area contributed by atoms with E-state index in [0.29, 0.717) is 5.52 Å². The first-order valence-corrected chi connectivity index (χ1v) is 3.08. The zero-order valence-corrected chi connectivity index (χ0v) is 5.53. The van der Waals surface area contributed by atoms with Gasteiger partial charge in [0.25, 0.3) is 0 Å². The van der Waals surface area contributed by atoms with E-state index < -0.39 is 6.26 Å². The molecule has 11 heavy (non-hydrogen) atoms. The van der Waals surface area contributed by atoms with Crippen molar-refractivity contribution in [3.8, 4) is 0 Å². The average Bonchev–Trinajstić information content (AvgIpc) is 2.49. The molecule has 2 aromatic heterocycles. The average molecular weight is 148 g/mol. The fraction of sp³-hybridized carbons (Fsp3) is 0. The number of H-pyrrole nitrogens is 1. The molecule has 0 aliphatic rings. The Labute approximate surface area is 63.7 Å². The standard InChI is InChI=1S/C7H5N3O/c11-4-7-9-3-6-5(10-7)1-2-8-6/h1-4,8H/i4D. The minimum absolute atomic E-state index is 0.0675. The topological polar surface area (TPSA) is 58.6 Å². The lowest BCUT2D eigenvalue weighted by molar-refractivity contribution is 0.111. The van der Waals surface area contributed by atoms with Crippen LogP contribution in [0.1, 0.15) is 12.0 Å². The molecule has 4 nitrogen and oxygen atoms in total. The second-order valence-electron chi connectivity index (χ2n) is 2.07. The molecule has 1 N–H and O–H groups in total. The number of aldehydes is 1. The fourth-order valence-corrected chi connectivity index (χ4v) is 0.893. The predicted molar refractivity (Wildman–Crippen MR) is 39.3 cm³/mol. The fourth-order valence-electron chi connectivity index (χ4n) is 0.893. The van der Waals surface area contributed by atoms with Gasteiger partial charge in [-0.3, -0.25) is 4.79 Å². The Morgan fingerprint density at radius 3 is 3.45 bits per heavy atom. The van der Waals surface area contributed by atoms with Gasteiger partial charge in [0, 0.05) is 6.20 Å². The summed E-state index contributed by atoms with van der Waals surface area (Å²) in [7, 11) is 0. The van der Waals surface area contributed by atoms with Gasteiger partial charge in [-0.2, -0.15) is 0 Å². The molecule has 0 amide bonds. The van der Waals surface area contributed by atoms with Crippen molar-refractivity contribution >= 4 is 17.3 Å². The molecule has 0 bridgehead atoms. The van der Waals surface area contributed by atoms with E-state index in [4.69, 9.17) is 1.37 Å². The summed E-state index contributed by atoms with van der Waals surface area (Å²) < 4.78 is 6.77. The molecule has 0 unspecified atom stereocenters. The number of hydrogen-bond acceptors (Lipinski definition) is 3. The number of hydrogen-bond donors (Lipinski definition) is 1. The SMILES string of the molecule is [2H]C(=O)c1ncc2[nH]ccc2n1. The third-order valence-electron chi connectivity index (χ3n) is 1.39. The Balaban J connectivity index is 2.68. The molecule has 0 aliphatic carbocycles. The number of carbonyl (C=O) groups excluding carboxylic acids is 1. The molecule has 0 atom stereocenters. The summed E-state index contributed by atoms with van der Waals surface area (Å²) in [6, 6.07) is 1.73. The summed E-state index contributed by atoms with van der Waals surface area (Å²) in [5, 5.41) is 0. The summed E-state index contributed by atoms with van der Waals surface area (Å²) >= 11 is 0. The van der Waals surface area contributed by atoms with Crippen LogP contribution in [0.25, 0.3) is 11.0 Å². The van der Waals surface area contributed by atoms with Gasteiger partial charge >= 0.3 is 0 Å². The molecular formula is C7H5N3O. The molecule has 0 saturated carbocycles. The van der Waals surface area contributed by atoms with E-state index >= 15 is 0 Å². The third kappa shape index (κ3) is 0.881. The van der Waals surface area contributed by atoms with Crippen LogP contribution in [0.15, 0.2) is 18.5 Å².